The third-order valence-corrected chi connectivity index (χ3v) is 4.88. The van der Waals surface area contributed by atoms with Gasteiger partial charge in [0.25, 0.3) is 0 Å². The van der Waals surface area contributed by atoms with E-state index >= 15 is 0 Å². The Bertz CT molecular complexity index is 390. The highest BCUT2D eigenvalue weighted by Gasteiger charge is 2.31. The lowest BCUT2D eigenvalue weighted by molar-refractivity contribution is 0.0258. The van der Waals surface area contributed by atoms with Crippen LogP contribution >= 0.6 is 0 Å². The van der Waals surface area contributed by atoms with Crippen LogP contribution in [-0.4, -0.2) is 42.0 Å². The largest absolute Gasteiger partial charge is 0.298 e. The van der Waals surface area contributed by atoms with E-state index in [1.807, 2.05) is 0 Å². The van der Waals surface area contributed by atoms with Crippen LogP contribution in [0.3, 0.4) is 0 Å². The monoisotopic (exact) mass is 258 g/mol. The van der Waals surface area contributed by atoms with Crippen LogP contribution in [0, 0.1) is 0 Å². The maximum absolute atomic E-state index is 2.72. The molecule has 0 saturated carbocycles. The topological polar surface area (TPSA) is 6.48 Å². The molecule has 0 amide bonds. The van der Waals surface area contributed by atoms with Gasteiger partial charge in [-0.2, -0.15) is 0 Å². The third-order valence-electron chi connectivity index (χ3n) is 4.88. The van der Waals surface area contributed by atoms with E-state index in [1.165, 1.54) is 57.4 Å². The number of hydrogen-bond donors (Lipinski definition) is 0. The minimum atomic E-state index is 0.616. The van der Waals surface area contributed by atoms with Gasteiger partial charge in [0.1, 0.15) is 0 Å². The first-order valence-corrected chi connectivity index (χ1v) is 7.91. The van der Waals surface area contributed by atoms with Crippen molar-refractivity contribution >= 4 is 0 Å². The molecule has 2 saturated heterocycles. The van der Waals surface area contributed by atoms with Crippen LogP contribution in [0.25, 0.3) is 0 Å². The Morgan fingerprint density at radius 2 is 1.95 bits per heavy atom. The van der Waals surface area contributed by atoms with E-state index in [0.717, 1.165) is 6.04 Å². The first-order chi connectivity index (χ1) is 9.38. The summed E-state index contributed by atoms with van der Waals surface area (Å²) in [6, 6.07) is 12.5. The Kier molecular flexibility index (Phi) is 4.19. The number of piperidine rings is 1. The Morgan fingerprint density at radius 3 is 2.74 bits per heavy atom. The fourth-order valence-electron chi connectivity index (χ4n) is 3.84. The average Bonchev–Trinajstić information content (AvgIpc) is 2.49. The maximum atomic E-state index is 2.72. The van der Waals surface area contributed by atoms with Crippen molar-refractivity contribution in [2.45, 2.75) is 44.7 Å². The Balaban J connectivity index is 1.70. The Hall–Kier alpha value is -0.860. The summed E-state index contributed by atoms with van der Waals surface area (Å²) in [6.45, 7) is 7.44. The van der Waals surface area contributed by atoms with Crippen LogP contribution in [0.2, 0.25) is 0 Å². The second kappa shape index (κ2) is 6.06. The molecule has 2 nitrogen and oxygen atoms in total. The van der Waals surface area contributed by atoms with Crippen LogP contribution in [-0.2, 0) is 0 Å². The smallest absolute Gasteiger partial charge is 0.0346 e. The van der Waals surface area contributed by atoms with Gasteiger partial charge < -0.3 is 0 Å². The van der Waals surface area contributed by atoms with Crippen LogP contribution in [0.15, 0.2) is 30.3 Å². The van der Waals surface area contributed by atoms with Gasteiger partial charge in [-0.3, -0.25) is 9.80 Å². The predicted octanol–water partition coefficient (Wildman–Crippen LogP) is 3.31. The normalized spacial score (nSPS) is 26.9. The van der Waals surface area contributed by atoms with Crippen molar-refractivity contribution in [1.29, 1.82) is 0 Å². The van der Waals surface area contributed by atoms with Crippen molar-refractivity contribution in [3.8, 4) is 0 Å². The summed E-state index contributed by atoms with van der Waals surface area (Å²) in [5.41, 5.74) is 1.49. The van der Waals surface area contributed by atoms with Gasteiger partial charge in [0.05, 0.1) is 0 Å². The molecule has 0 aliphatic carbocycles. The van der Waals surface area contributed by atoms with Crippen molar-refractivity contribution in [2.75, 3.05) is 26.2 Å². The van der Waals surface area contributed by atoms with Gasteiger partial charge >= 0.3 is 0 Å². The van der Waals surface area contributed by atoms with Gasteiger partial charge in [-0.15, -0.1) is 0 Å². The van der Waals surface area contributed by atoms with E-state index in [0.29, 0.717) is 6.04 Å². The SMILES string of the molecule is CCC(c1ccccc1)N1CCN2CCCCC2C1. The minimum Gasteiger partial charge on any atom is -0.298 e. The molecule has 0 aromatic heterocycles. The number of nitrogens with zero attached hydrogens (tertiary/aromatic N) is 2. The number of fused-ring (bicyclic) bond motifs is 1. The molecule has 2 aliphatic rings. The van der Waals surface area contributed by atoms with Gasteiger partial charge in [-0.1, -0.05) is 43.7 Å². The van der Waals surface area contributed by atoms with E-state index in [9.17, 15) is 0 Å². The van der Waals surface area contributed by atoms with Crippen LogP contribution in [0.4, 0.5) is 0 Å². The second-order valence-electron chi connectivity index (χ2n) is 6.02. The number of rotatable bonds is 3. The molecule has 2 unspecified atom stereocenters. The van der Waals surface area contributed by atoms with Gasteiger partial charge in [0, 0.05) is 31.7 Å². The quantitative estimate of drug-likeness (QED) is 0.820. The summed E-state index contributed by atoms with van der Waals surface area (Å²) in [5.74, 6) is 0. The van der Waals surface area contributed by atoms with Crippen LogP contribution < -0.4 is 0 Å². The molecule has 2 heterocycles. The van der Waals surface area contributed by atoms with Crippen LogP contribution in [0.1, 0.15) is 44.2 Å². The van der Waals surface area contributed by atoms with E-state index in [-0.39, 0.29) is 0 Å². The Labute approximate surface area is 117 Å². The van der Waals surface area contributed by atoms with Crippen molar-refractivity contribution in [3.05, 3.63) is 35.9 Å². The molecule has 104 valence electrons. The molecule has 0 radical (unpaired) electrons. The molecule has 2 heteroatoms. The number of piperazine rings is 1. The fraction of sp³-hybridized carbons (Fsp3) is 0.647. The summed E-state index contributed by atoms with van der Waals surface area (Å²) in [4.78, 5) is 5.44. The molecule has 1 aromatic carbocycles. The standard InChI is InChI=1S/C17H26N2/c1-2-17(15-8-4-3-5-9-15)19-13-12-18-11-7-6-10-16(18)14-19/h3-5,8-9,16-17H,2,6-7,10-14H2,1H3. The molecule has 19 heavy (non-hydrogen) atoms. The summed E-state index contributed by atoms with van der Waals surface area (Å²) < 4.78 is 0. The van der Waals surface area contributed by atoms with Gasteiger partial charge in [0.15, 0.2) is 0 Å². The van der Waals surface area contributed by atoms with Crippen molar-refractivity contribution in [2.24, 2.45) is 0 Å². The molecule has 3 rings (SSSR count). The molecule has 0 bridgehead atoms. The van der Waals surface area contributed by atoms with Gasteiger partial charge in [-0.25, -0.2) is 0 Å². The highest BCUT2D eigenvalue weighted by molar-refractivity contribution is 5.19. The molecular weight excluding hydrogens is 232 g/mol. The molecule has 2 atom stereocenters. The zero-order chi connectivity index (χ0) is 13.1. The van der Waals surface area contributed by atoms with Crippen molar-refractivity contribution in [3.63, 3.8) is 0 Å². The van der Waals surface area contributed by atoms with E-state index in [2.05, 4.69) is 47.1 Å². The third kappa shape index (κ3) is 2.85. The highest BCUT2D eigenvalue weighted by Crippen LogP contribution is 2.29. The molecular formula is C17H26N2. The first kappa shape index (κ1) is 13.1. The number of benzene rings is 1. The Morgan fingerprint density at radius 1 is 1.11 bits per heavy atom. The van der Waals surface area contributed by atoms with E-state index in [4.69, 9.17) is 0 Å². The predicted molar refractivity (Wildman–Crippen MR) is 80.3 cm³/mol. The maximum Gasteiger partial charge on any atom is 0.0346 e. The van der Waals surface area contributed by atoms with Crippen LogP contribution in [0.5, 0.6) is 0 Å². The zero-order valence-electron chi connectivity index (χ0n) is 12.1. The average molecular weight is 258 g/mol. The number of hydrogen-bond acceptors (Lipinski definition) is 2. The lowest BCUT2D eigenvalue weighted by Crippen LogP contribution is -2.55. The molecule has 1 aromatic rings. The van der Waals surface area contributed by atoms with Gasteiger partial charge in [-0.05, 0) is 31.4 Å². The van der Waals surface area contributed by atoms with Crippen molar-refractivity contribution < 1.29 is 0 Å². The van der Waals surface area contributed by atoms with E-state index < -0.39 is 0 Å². The molecule has 2 fully saturated rings. The zero-order valence-corrected chi connectivity index (χ0v) is 12.1. The molecule has 0 N–H and O–H groups in total. The molecule has 2 aliphatic heterocycles. The summed E-state index contributed by atoms with van der Waals surface area (Å²) >= 11 is 0. The first-order valence-electron chi connectivity index (χ1n) is 7.91. The molecule has 0 spiro atoms. The minimum absolute atomic E-state index is 0.616. The lowest BCUT2D eigenvalue weighted by Gasteiger charge is -2.46. The summed E-state index contributed by atoms with van der Waals surface area (Å²) in [7, 11) is 0. The fourth-order valence-corrected chi connectivity index (χ4v) is 3.84. The summed E-state index contributed by atoms with van der Waals surface area (Å²) in [5, 5.41) is 0. The van der Waals surface area contributed by atoms with E-state index in [1.54, 1.807) is 0 Å². The van der Waals surface area contributed by atoms with Crippen molar-refractivity contribution in [1.82, 2.24) is 9.80 Å². The van der Waals surface area contributed by atoms with Gasteiger partial charge in [0.2, 0.25) is 0 Å². The summed E-state index contributed by atoms with van der Waals surface area (Å²) in [6.07, 6.45) is 5.46. The highest BCUT2D eigenvalue weighted by atomic mass is 15.3. The second-order valence-corrected chi connectivity index (χ2v) is 6.02. The lowest BCUT2D eigenvalue weighted by atomic mass is 9.96.